The third-order valence-corrected chi connectivity index (χ3v) is 3.14. The van der Waals surface area contributed by atoms with Crippen LogP contribution in [0, 0.1) is 13.8 Å². The van der Waals surface area contributed by atoms with Gasteiger partial charge in [-0.25, -0.2) is 4.98 Å². The van der Waals surface area contributed by atoms with Gasteiger partial charge in [0.25, 0.3) is 0 Å². The summed E-state index contributed by atoms with van der Waals surface area (Å²) >= 11 is 0. The van der Waals surface area contributed by atoms with Crippen molar-refractivity contribution in [2.75, 3.05) is 12.4 Å². The fourth-order valence-electron chi connectivity index (χ4n) is 2.06. The molecule has 2 aromatic rings. The first-order valence-electron chi connectivity index (χ1n) is 6.45. The van der Waals surface area contributed by atoms with Crippen LogP contribution in [0.3, 0.4) is 0 Å². The Labute approximate surface area is 118 Å². The quantitative estimate of drug-likeness (QED) is 0.929. The Morgan fingerprint density at radius 2 is 2.05 bits per heavy atom. The van der Waals surface area contributed by atoms with Gasteiger partial charge in [-0.2, -0.15) is 0 Å². The molecule has 0 spiro atoms. The van der Waals surface area contributed by atoms with E-state index in [1.807, 2.05) is 38.1 Å². The molecule has 1 N–H and O–H groups in total. The molecule has 2 rings (SSSR count). The first-order chi connectivity index (χ1) is 9.60. The second-order valence-corrected chi connectivity index (χ2v) is 4.69. The number of hydrogen-bond acceptors (Lipinski definition) is 3. The van der Waals surface area contributed by atoms with Gasteiger partial charge < -0.3 is 10.1 Å². The molecule has 0 aliphatic heterocycles. The fraction of sp³-hybridized carbons (Fsp3) is 0.250. The fourth-order valence-corrected chi connectivity index (χ4v) is 2.06. The number of anilines is 1. The van der Waals surface area contributed by atoms with E-state index in [2.05, 4.69) is 10.3 Å². The first-order valence-corrected chi connectivity index (χ1v) is 6.45. The number of aryl methyl sites for hydroxylation is 2. The molecule has 20 heavy (non-hydrogen) atoms. The lowest BCUT2D eigenvalue weighted by molar-refractivity contribution is -0.115. The lowest BCUT2D eigenvalue weighted by Crippen LogP contribution is -2.16. The Balaban J connectivity index is 2.10. The number of ether oxygens (including phenoxy) is 1. The van der Waals surface area contributed by atoms with E-state index in [1.54, 1.807) is 19.4 Å². The zero-order chi connectivity index (χ0) is 14.5. The number of nitrogens with zero attached hydrogens (tertiary/aromatic N) is 1. The third-order valence-electron chi connectivity index (χ3n) is 3.14. The van der Waals surface area contributed by atoms with Crippen LogP contribution >= 0.6 is 0 Å². The standard InChI is InChI=1S/C16H18N2O2/c1-11-9-14(20-3)12(2)8-13(11)10-16(19)18-15-6-4-5-7-17-15/h4-9H,10H2,1-3H3,(H,17,18,19). The number of aromatic nitrogens is 1. The SMILES string of the molecule is COc1cc(C)c(CC(=O)Nc2ccccn2)cc1C. The maximum Gasteiger partial charge on any atom is 0.229 e. The summed E-state index contributed by atoms with van der Waals surface area (Å²) in [5.74, 6) is 1.34. The summed E-state index contributed by atoms with van der Waals surface area (Å²) in [5, 5.41) is 2.78. The minimum Gasteiger partial charge on any atom is -0.496 e. The van der Waals surface area contributed by atoms with Gasteiger partial charge in [0.05, 0.1) is 13.5 Å². The second kappa shape index (κ2) is 6.19. The number of carbonyl (C=O) groups is 1. The van der Waals surface area contributed by atoms with Crippen LogP contribution in [0.2, 0.25) is 0 Å². The van der Waals surface area contributed by atoms with Gasteiger partial charge in [-0.05, 0) is 48.7 Å². The van der Waals surface area contributed by atoms with Gasteiger partial charge >= 0.3 is 0 Å². The van der Waals surface area contributed by atoms with E-state index in [0.29, 0.717) is 12.2 Å². The van der Waals surface area contributed by atoms with Crippen molar-refractivity contribution in [2.24, 2.45) is 0 Å². The minimum atomic E-state index is -0.0728. The van der Waals surface area contributed by atoms with Gasteiger partial charge in [0.1, 0.15) is 11.6 Å². The summed E-state index contributed by atoms with van der Waals surface area (Å²) in [6, 6.07) is 9.37. The van der Waals surface area contributed by atoms with E-state index in [-0.39, 0.29) is 5.91 Å². The van der Waals surface area contributed by atoms with Crippen molar-refractivity contribution in [1.29, 1.82) is 0 Å². The van der Waals surface area contributed by atoms with Crippen LogP contribution in [0.15, 0.2) is 36.5 Å². The van der Waals surface area contributed by atoms with E-state index in [4.69, 9.17) is 4.74 Å². The molecule has 1 amide bonds. The van der Waals surface area contributed by atoms with Crippen molar-refractivity contribution in [3.63, 3.8) is 0 Å². The molecule has 4 heteroatoms. The number of carbonyl (C=O) groups excluding carboxylic acids is 1. The summed E-state index contributed by atoms with van der Waals surface area (Å²) in [6.45, 7) is 3.95. The average molecular weight is 270 g/mol. The highest BCUT2D eigenvalue weighted by atomic mass is 16.5. The molecule has 0 aliphatic carbocycles. The monoisotopic (exact) mass is 270 g/mol. The highest BCUT2D eigenvalue weighted by Gasteiger charge is 2.09. The number of pyridine rings is 1. The minimum absolute atomic E-state index is 0.0728. The van der Waals surface area contributed by atoms with Crippen molar-refractivity contribution < 1.29 is 9.53 Å². The summed E-state index contributed by atoms with van der Waals surface area (Å²) < 4.78 is 5.27. The van der Waals surface area contributed by atoms with Crippen molar-refractivity contribution >= 4 is 11.7 Å². The Hall–Kier alpha value is -2.36. The number of methoxy groups -OCH3 is 1. The molecule has 4 nitrogen and oxygen atoms in total. The second-order valence-electron chi connectivity index (χ2n) is 4.69. The van der Waals surface area contributed by atoms with Crippen LogP contribution in [0.4, 0.5) is 5.82 Å². The highest BCUT2D eigenvalue weighted by Crippen LogP contribution is 2.23. The summed E-state index contributed by atoms with van der Waals surface area (Å²) in [4.78, 5) is 16.1. The Kier molecular flexibility index (Phi) is 4.35. The summed E-state index contributed by atoms with van der Waals surface area (Å²) in [7, 11) is 1.65. The summed E-state index contributed by atoms with van der Waals surface area (Å²) in [5.41, 5.74) is 3.07. The molecule has 0 atom stereocenters. The molecule has 1 aromatic carbocycles. The number of hydrogen-bond donors (Lipinski definition) is 1. The van der Waals surface area contributed by atoms with Gasteiger partial charge in [0.2, 0.25) is 5.91 Å². The van der Waals surface area contributed by atoms with Crippen LogP contribution in [0.5, 0.6) is 5.75 Å². The normalized spacial score (nSPS) is 10.2. The van der Waals surface area contributed by atoms with Gasteiger partial charge in [0, 0.05) is 6.20 Å². The smallest absolute Gasteiger partial charge is 0.229 e. The van der Waals surface area contributed by atoms with E-state index >= 15 is 0 Å². The van der Waals surface area contributed by atoms with Crippen LogP contribution in [0.25, 0.3) is 0 Å². The van der Waals surface area contributed by atoms with Crippen LogP contribution in [-0.2, 0) is 11.2 Å². The maximum absolute atomic E-state index is 12.0. The molecule has 0 saturated heterocycles. The number of nitrogens with one attached hydrogen (secondary N) is 1. The Morgan fingerprint density at radius 3 is 2.70 bits per heavy atom. The molecule has 0 unspecified atom stereocenters. The largest absolute Gasteiger partial charge is 0.496 e. The molecule has 0 fully saturated rings. The van der Waals surface area contributed by atoms with Crippen molar-refractivity contribution in [1.82, 2.24) is 4.98 Å². The average Bonchev–Trinajstić information content (AvgIpc) is 2.43. The van der Waals surface area contributed by atoms with E-state index in [1.165, 1.54) is 0 Å². The van der Waals surface area contributed by atoms with Crippen LogP contribution < -0.4 is 10.1 Å². The molecular formula is C16H18N2O2. The maximum atomic E-state index is 12.0. The van der Waals surface area contributed by atoms with E-state index in [0.717, 1.165) is 22.4 Å². The molecule has 0 saturated carbocycles. The van der Waals surface area contributed by atoms with E-state index < -0.39 is 0 Å². The number of rotatable bonds is 4. The predicted octanol–water partition coefficient (Wildman–Crippen LogP) is 2.89. The third kappa shape index (κ3) is 3.35. The topological polar surface area (TPSA) is 51.2 Å². The highest BCUT2D eigenvalue weighted by molar-refractivity contribution is 5.91. The van der Waals surface area contributed by atoms with Gasteiger partial charge in [-0.15, -0.1) is 0 Å². The van der Waals surface area contributed by atoms with Gasteiger partial charge in [0.15, 0.2) is 0 Å². The molecule has 104 valence electrons. The molecular weight excluding hydrogens is 252 g/mol. The van der Waals surface area contributed by atoms with Crippen molar-refractivity contribution in [3.8, 4) is 5.75 Å². The van der Waals surface area contributed by atoms with Gasteiger partial charge in [-0.3, -0.25) is 4.79 Å². The van der Waals surface area contributed by atoms with Gasteiger partial charge in [-0.1, -0.05) is 12.1 Å². The summed E-state index contributed by atoms with van der Waals surface area (Å²) in [6.07, 6.45) is 1.98. The molecule has 0 aliphatic rings. The lowest BCUT2D eigenvalue weighted by Gasteiger charge is -2.11. The Bertz CT molecular complexity index is 609. The predicted molar refractivity (Wildman–Crippen MR) is 79.0 cm³/mol. The Morgan fingerprint density at radius 1 is 1.25 bits per heavy atom. The lowest BCUT2D eigenvalue weighted by atomic mass is 10.0. The van der Waals surface area contributed by atoms with Crippen LogP contribution in [-0.4, -0.2) is 18.0 Å². The van der Waals surface area contributed by atoms with E-state index in [9.17, 15) is 4.79 Å². The zero-order valence-electron chi connectivity index (χ0n) is 11.9. The molecule has 0 radical (unpaired) electrons. The molecule has 0 bridgehead atoms. The number of benzene rings is 1. The zero-order valence-corrected chi connectivity index (χ0v) is 11.9. The van der Waals surface area contributed by atoms with Crippen LogP contribution in [0.1, 0.15) is 16.7 Å². The number of amides is 1. The van der Waals surface area contributed by atoms with Crippen molar-refractivity contribution in [3.05, 3.63) is 53.2 Å². The van der Waals surface area contributed by atoms with Crippen molar-refractivity contribution in [2.45, 2.75) is 20.3 Å². The molecule has 1 aromatic heterocycles. The first kappa shape index (κ1) is 14.1. The molecule has 1 heterocycles.